The van der Waals surface area contributed by atoms with E-state index < -0.39 is 6.10 Å². The molecule has 0 spiro atoms. The molecule has 1 aliphatic heterocycles. The number of hydrogen-bond acceptors (Lipinski definition) is 4. The van der Waals surface area contributed by atoms with Crippen LogP contribution in [-0.4, -0.2) is 36.3 Å². The topological polar surface area (TPSA) is 63.6 Å². The largest absolute Gasteiger partial charge is 0.481 e. The van der Waals surface area contributed by atoms with Gasteiger partial charge in [0.2, 0.25) is 0 Å². The molecule has 0 saturated carbocycles. The number of halogens is 1. The normalized spacial score (nSPS) is 14.9. The number of aromatic nitrogens is 1. The van der Waals surface area contributed by atoms with Crippen LogP contribution in [0.4, 0.5) is 0 Å². The van der Waals surface area contributed by atoms with Crippen molar-refractivity contribution in [1.29, 1.82) is 0 Å². The van der Waals surface area contributed by atoms with Gasteiger partial charge in [-0.2, -0.15) is 0 Å². The smallest absolute Gasteiger partial charge is 0.261 e. The van der Waals surface area contributed by atoms with Crippen molar-refractivity contribution < 1.29 is 9.53 Å². The average Bonchev–Trinajstić information content (AvgIpc) is 2.64. The van der Waals surface area contributed by atoms with Crippen LogP contribution in [0.2, 0.25) is 0 Å². The number of nitrogens with one attached hydrogen (secondary N) is 1. The maximum atomic E-state index is 12.4. The molecule has 2 aromatic rings. The zero-order valence-corrected chi connectivity index (χ0v) is 15.6. The number of dihydropyridines is 1. The molecule has 1 aromatic heterocycles. The number of ether oxygens (including phenoxy) is 1. The molecule has 0 saturated heterocycles. The molecular formula is C19H20BrN3O2. The predicted octanol–water partition coefficient (Wildman–Crippen LogP) is 3.67. The van der Waals surface area contributed by atoms with E-state index in [4.69, 9.17) is 4.74 Å². The zero-order chi connectivity index (χ0) is 17.6. The predicted molar refractivity (Wildman–Crippen MR) is 103 cm³/mol. The number of pyridine rings is 1. The van der Waals surface area contributed by atoms with E-state index in [0.717, 1.165) is 33.9 Å². The van der Waals surface area contributed by atoms with Crippen molar-refractivity contribution in [2.75, 3.05) is 13.1 Å². The van der Waals surface area contributed by atoms with E-state index in [0.29, 0.717) is 18.7 Å². The number of nitrogens with zero attached hydrogens (tertiary/aromatic N) is 2. The van der Waals surface area contributed by atoms with Crippen molar-refractivity contribution in [1.82, 2.24) is 10.3 Å². The van der Waals surface area contributed by atoms with Crippen molar-refractivity contribution in [3.05, 3.63) is 46.6 Å². The fraction of sp³-hybridized carbons (Fsp3) is 0.316. The monoisotopic (exact) mass is 401 g/mol. The van der Waals surface area contributed by atoms with Crippen LogP contribution in [0.5, 0.6) is 5.75 Å². The molecule has 6 heteroatoms. The SMILES string of the molecule is CCC(Oc1ccc2ncc(Br)cc2c1)C(=O)NCC1=CCCN=C1. The maximum absolute atomic E-state index is 12.4. The van der Waals surface area contributed by atoms with Gasteiger partial charge in [0, 0.05) is 35.4 Å². The van der Waals surface area contributed by atoms with Crippen LogP contribution < -0.4 is 10.1 Å². The van der Waals surface area contributed by atoms with Crippen molar-refractivity contribution in [2.24, 2.45) is 4.99 Å². The zero-order valence-electron chi connectivity index (χ0n) is 14.0. The molecule has 1 aromatic carbocycles. The maximum Gasteiger partial charge on any atom is 0.261 e. The summed E-state index contributed by atoms with van der Waals surface area (Å²) in [6.07, 6.45) is 6.67. The second kappa shape index (κ2) is 8.25. The minimum atomic E-state index is -0.529. The van der Waals surface area contributed by atoms with E-state index in [2.05, 4.69) is 37.3 Å². The highest BCUT2D eigenvalue weighted by Gasteiger charge is 2.18. The van der Waals surface area contributed by atoms with Crippen LogP contribution in [0.3, 0.4) is 0 Å². The minimum Gasteiger partial charge on any atom is -0.481 e. The summed E-state index contributed by atoms with van der Waals surface area (Å²) in [5.74, 6) is 0.544. The number of carbonyl (C=O) groups excluding carboxylic acids is 1. The molecule has 1 N–H and O–H groups in total. The van der Waals surface area contributed by atoms with Gasteiger partial charge in [0.15, 0.2) is 6.10 Å². The summed E-state index contributed by atoms with van der Waals surface area (Å²) in [6, 6.07) is 7.62. The molecular weight excluding hydrogens is 382 g/mol. The Hall–Kier alpha value is -2.21. The summed E-state index contributed by atoms with van der Waals surface area (Å²) in [5.41, 5.74) is 1.92. The van der Waals surface area contributed by atoms with Crippen LogP contribution >= 0.6 is 15.9 Å². The molecule has 3 rings (SSSR count). The summed E-state index contributed by atoms with van der Waals surface area (Å²) >= 11 is 3.42. The van der Waals surface area contributed by atoms with Crippen molar-refractivity contribution in [3.63, 3.8) is 0 Å². The van der Waals surface area contributed by atoms with Crippen LogP contribution in [0.25, 0.3) is 10.9 Å². The lowest BCUT2D eigenvalue weighted by Gasteiger charge is -2.18. The molecule has 25 heavy (non-hydrogen) atoms. The summed E-state index contributed by atoms with van der Waals surface area (Å²) < 4.78 is 6.81. The third kappa shape index (κ3) is 4.66. The average molecular weight is 402 g/mol. The third-order valence-corrected chi connectivity index (χ3v) is 4.38. The van der Waals surface area contributed by atoms with E-state index in [9.17, 15) is 4.79 Å². The molecule has 2 heterocycles. The molecule has 1 unspecified atom stereocenters. The fourth-order valence-corrected chi connectivity index (χ4v) is 2.97. The fourth-order valence-electron chi connectivity index (χ4n) is 2.62. The lowest BCUT2D eigenvalue weighted by atomic mass is 10.2. The molecule has 0 aliphatic carbocycles. The summed E-state index contributed by atoms with van der Waals surface area (Å²) in [7, 11) is 0. The Bertz CT molecular complexity index is 833. The summed E-state index contributed by atoms with van der Waals surface area (Å²) in [5, 5.41) is 3.89. The molecule has 130 valence electrons. The lowest BCUT2D eigenvalue weighted by Crippen LogP contribution is -2.39. The molecule has 1 atom stereocenters. The number of benzene rings is 1. The third-order valence-electron chi connectivity index (χ3n) is 3.95. The van der Waals surface area contributed by atoms with Gasteiger partial charge in [0.05, 0.1) is 5.52 Å². The van der Waals surface area contributed by atoms with Gasteiger partial charge in [-0.15, -0.1) is 0 Å². The van der Waals surface area contributed by atoms with Crippen LogP contribution in [0.1, 0.15) is 19.8 Å². The highest BCUT2D eigenvalue weighted by Crippen LogP contribution is 2.23. The van der Waals surface area contributed by atoms with Crippen LogP contribution in [0.15, 0.2) is 51.6 Å². The first-order valence-corrected chi connectivity index (χ1v) is 9.13. The Labute approximate surface area is 155 Å². The first kappa shape index (κ1) is 17.6. The standard InChI is InChI=1S/C19H20BrN3O2/c1-2-18(19(24)23-11-13-4-3-7-21-10-13)25-16-5-6-17-14(9-16)8-15(20)12-22-17/h4-6,8-10,12,18H,2-3,7,11H2,1H3,(H,23,24). The van der Waals surface area contributed by atoms with Crippen molar-refractivity contribution in [3.8, 4) is 5.75 Å². The Balaban J connectivity index is 1.65. The van der Waals surface area contributed by atoms with E-state index in [-0.39, 0.29) is 5.91 Å². The lowest BCUT2D eigenvalue weighted by molar-refractivity contribution is -0.127. The molecule has 5 nitrogen and oxygen atoms in total. The second-order valence-corrected chi connectivity index (χ2v) is 6.76. The first-order valence-electron chi connectivity index (χ1n) is 8.34. The van der Waals surface area contributed by atoms with Gasteiger partial charge in [-0.05, 0) is 58.6 Å². The van der Waals surface area contributed by atoms with E-state index in [1.165, 1.54) is 0 Å². The Morgan fingerprint density at radius 1 is 1.40 bits per heavy atom. The van der Waals surface area contributed by atoms with Gasteiger partial charge in [0.1, 0.15) is 5.75 Å². The molecule has 1 amide bonds. The number of rotatable bonds is 6. The minimum absolute atomic E-state index is 0.116. The van der Waals surface area contributed by atoms with Gasteiger partial charge < -0.3 is 10.1 Å². The van der Waals surface area contributed by atoms with E-state index in [1.807, 2.05) is 37.4 Å². The quantitative estimate of drug-likeness (QED) is 0.802. The summed E-state index contributed by atoms with van der Waals surface area (Å²) in [4.78, 5) is 21.0. The van der Waals surface area contributed by atoms with Gasteiger partial charge >= 0.3 is 0 Å². The molecule has 0 fully saturated rings. The van der Waals surface area contributed by atoms with Gasteiger partial charge in [-0.1, -0.05) is 13.0 Å². The van der Waals surface area contributed by atoms with Gasteiger partial charge in [0.25, 0.3) is 5.91 Å². The highest BCUT2D eigenvalue weighted by molar-refractivity contribution is 9.10. The molecule has 0 radical (unpaired) electrons. The van der Waals surface area contributed by atoms with Gasteiger partial charge in [-0.3, -0.25) is 14.8 Å². The van der Waals surface area contributed by atoms with E-state index in [1.54, 1.807) is 6.20 Å². The number of carbonyl (C=O) groups is 1. The number of hydrogen-bond donors (Lipinski definition) is 1. The molecule has 1 aliphatic rings. The summed E-state index contributed by atoms with van der Waals surface area (Å²) in [6.45, 7) is 3.24. The van der Waals surface area contributed by atoms with Crippen LogP contribution in [-0.2, 0) is 4.79 Å². The number of fused-ring (bicyclic) bond motifs is 1. The Morgan fingerprint density at radius 3 is 3.04 bits per heavy atom. The van der Waals surface area contributed by atoms with Gasteiger partial charge in [-0.25, -0.2) is 0 Å². The van der Waals surface area contributed by atoms with E-state index >= 15 is 0 Å². The van der Waals surface area contributed by atoms with Crippen LogP contribution in [0, 0.1) is 0 Å². The first-order chi connectivity index (χ1) is 12.2. The Kier molecular flexibility index (Phi) is 5.81. The second-order valence-electron chi connectivity index (χ2n) is 5.84. The number of amides is 1. The van der Waals surface area contributed by atoms with Crippen molar-refractivity contribution in [2.45, 2.75) is 25.9 Å². The van der Waals surface area contributed by atoms with Crippen molar-refractivity contribution >= 4 is 39.0 Å². The number of aliphatic imine (C=N–C) groups is 1. The molecule has 0 bridgehead atoms. The highest BCUT2D eigenvalue weighted by atomic mass is 79.9. The Morgan fingerprint density at radius 2 is 2.28 bits per heavy atom.